The predicted molar refractivity (Wildman–Crippen MR) is 123 cm³/mol. The highest BCUT2D eigenvalue weighted by Crippen LogP contribution is 2.32. The summed E-state index contributed by atoms with van der Waals surface area (Å²) in [6.45, 7) is 8.90. The summed E-state index contributed by atoms with van der Waals surface area (Å²) in [7, 11) is 0. The molecular formula is C26H28N2O5. The van der Waals surface area contributed by atoms with E-state index in [0.717, 1.165) is 22.4 Å². The van der Waals surface area contributed by atoms with E-state index in [1.54, 1.807) is 11.0 Å². The third-order valence-electron chi connectivity index (χ3n) is 6.28. The molecule has 2 atom stereocenters. The van der Waals surface area contributed by atoms with E-state index in [0.29, 0.717) is 30.6 Å². The van der Waals surface area contributed by atoms with Crippen LogP contribution in [0.5, 0.6) is 0 Å². The fourth-order valence-electron chi connectivity index (χ4n) is 4.72. The number of benzene rings is 2. The molecule has 0 bridgehead atoms. The molecule has 4 rings (SSSR count). The minimum absolute atomic E-state index is 0.130. The number of carbonyl (C=O) groups is 4. The lowest BCUT2D eigenvalue weighted by molar-refractivity contribution is -0.137. The van der Waals surface area contributed by atoms with Crippen LogP contribution in [-0.4, -0.2) is 48.3 Å². The number of imide groups is 1. The predicted octanol–water partition coefficient (Wildman–Crippen LogP) is 3.77. The zero-order chi connectivity index (χ0) is 23.9. The highest BCUT2D eigenvalue weighted by atomic mass is 16.5. The summed E-state index contributed by atoms with van der Waals surface area (Å²) in [5.41, 5.74) is 2.78. The van der Waals surface area contributed by atoms with Crippen LogP contribution in [0.15, 0.2) is 36.4 Å². The van der Waals surface area contributed by atoms with Gasteiger partial charge in [0.1, 0.15) is 0 Å². The lowest BCUT2D eigenvalue weighted by Gasteiger charge is -2.34. The van der Waals surface area contributed by atoms with Crippen LogP contribution in [-0.2, 0) is 9.53 Å². The largest absolute Gasteiger partial charge is 0.452 e. The number of rotatable bonds is 4. The van der Waals surface area contributed by atoms with Crippen LogP contribution in [0.1, 0.15) is 62.5 Å². The van der Waals surface area contributed by atoms with E-state index in [-0.39, 0.29) is 29.2 Å². The fourth-order valence-corrected chi connectivity index (χ4v) is 4.72. The van der Waals surface area contributed by atoms with E-state index < -0.39 is 17.8 Å². The summed E-state index contributed by atoms with van der Waals surface area (Å²) >= 11 is 0. The van der Waals surface area contributed by atoms with Crippen LogP contribution in [0.3, 0.4) is 0 Å². The van der Waals surface area contributed by atoms with Gasteiger partial charge in [-0.1, -0.05) is 26.0 Å². The average molecular weight is 449 g/mol. The summed E-state index contributed by atoms with van der Waals surface area (Å²) in [6.07, 6.45) is 1.07. The minimum Gasteiger partial charge on any atom is -0.452 e. The van der Waals surface area contributed by atoms with Gasteiger partial charge in [-0.05, 0) is 67.5 Å². The van der Waals surface area contributed by atoms with Crippen molar-refractivity contribution in [1.82, 2.24) is 4.90 Å². The van der Waals surface area contributed by atoms with Gasteiger partial charge in [0, 0.05) is 13.1 Å². The van der Waals surface area contributed by atoms with Gasteiger partial charge in [0.05, 0.1) is 22.4 Å². The molecule has 0 N–H and O–H groups in total. The molecule has 1 fully saturated rings. The molecule has 2 heterocycles. The first-order valence-electron chi connectivity index (χ1n) is 11.2. The van der Waals surface area contributed by atoms with Crippen molar-refractivity contribution in [2.24, 2.45) is 11.8 Å². The third-order valence-corrected chi connectivity index (χ3v) is 6.28. The number of fused-ring (bicyclic) bond motifs is 1. The van der Waals surface area contributed by atoms with Gasteiger partial charge in [-0.25, -0.2) is 9.69 Å². The fraction of sp³-hybridized carbons (Fsp3) is 0.385. The Morgan fingerprint density at radius 2 is 1.61 bits per heavy atom. The Morgan fingerprint density at radius 3 is 2.30 bits per heavy atom. The normalized spacial score (nSPS) is 20.1. The summed E-state index contributed by atoms with van der Waals surface area (Å²) in [5, 5.41) is 0. The van der Waals surface area contributed by atoms with Crippen molar-refractivity contribution in [1.29, 1.82) is 0 Å². The van der Waals surface area contributed by atoms with Crippen molar-refractivity contribution in [3.05, 3.63) is 64.2 Å². The minimum atomic E-state index is -0.699. The molecule has 2 aliphatic heterocycles. The molecule has 7 heteroatoms. The summed E-state index contributed by atoms with van der Waals surface area (Å²) in [4.78, 5) is 54.0. The van der Waals surface area contributed by atoms with Crippen molar-refractivity contribution < 1.29 is 23.9 Å². The smallest absolute Gasteiger partial charge is 0.338 e. The topological polar surface area (TPSA) is 84.0 Å². The van der Waals surface area contributed by atoms with Gasteiger partial charge in [-0.3, -0.25) is 14.4 Å². The molecule has 0 aromatic heterocycles. The number of aryl methyl sites for hydroxylation is 2. The molecule has 2 aliphatic rings. The monoisotopic (exact) mass is 448 g/mol. The maximum Gasteiger partial charge on any atom is 0.338 e. The maximum absolute atomic E-state index is 13.1. The lowest BCUT2D eigenvalue weighted by atomic mass is 9.92. The van der Waals surface area contributed by atoms with Gasteiger partial charge in [0.25, 0.3) is 17.7 Å². The molecule has 1 saturated heterocycles. The molecule has 0 unspecified atom stereocenters. The number of amides is 3. The van der Waals surface area contributed by atoms with Crippen molar-refractivity contribution in [2.75, 3.05) is 24.6 Å². The highest BCUT2D eigenvalue weighted by Gasteiger charge is 2.38. The molecule has 3 amide bonds. The first-order valence-corrected chi connectivity index (χ1v) is 11.2. The average Bonchev–Trinajstić information content (AvgIpc) is 3.02. The van der Waals surface area contributed by atoms with Crippen LogP contribution in [0.25, 0.3) is 0 Å². The second-order valence-corrected chi connectivity index (χ2v) is 9.32. The van der Waals surface area contributed by atoms with Crippen LogP contribution in [0.4, 0.5) is 5.69 Å². The number of carbonyl (C=O) groups excluding carboxylic acids is 4. The number of esters is 1. The van der Waals surface area contributed by atoms with E-state index >= 15 is 0 Å². The van der Waals surface area contributed by atoms with E-state index in [4.69, 9.17) is 4.74 Å². The number of piperidine rings is 1. The third kappa shape index (κ3) is 4.40. The number of hydrogen-bond acceptors (Lipinski definition) is 5. The Hall–Kier alpha value is -3.48. The number of likely N-dealkylation sites (tertiary alicyclic amines) is 1. The van der Waals surface area contributed by atoms with Crippen molar-refractivity contribution in [2.45, 2.75) is 34.1 Å². The molecule has 2 aromatic carbocycles. The Labute approximate surface area is 193 Å². The number of nitrogens with zero attached hydrogens (tertiary/aromatic N) is 2. The molecule has 0 radical (unpaired) electrons. The maximum atomic E-state index is 13.1. The van der Waals surface area contributed by atoms with Crippen molar-refractivity contribution in [3.63, 3.8) is 0 Å². The van der Waals surface area contributed by atoms with Crippen LogP contribution in [0, 0.1) is 25.7 Å². The van der Waals surface area contributed by atoms with E-state index in [1.165, 1.54) is 18.2 Å². The number of hydrogen-bond donors (Lipinski definition) is 0. The van der Waals surface area contributed by atoms with Gasteiger partial charge in [0.2, 0.25) is 0 Å². The van der Waals surface area contributed by atoms with Gasteiger partial charge >= 0.3 is 5.97 Å². The van der Waals surface area contributed by atoms with Gasteiger partial charge in [-0.2, -0.15) is 0 Å². The summed E-state index contributed by atoms with van der Waals surface area (Å²) in [6, 6.07) is 9.86. The lowest BCUT2D eigenvalue weighted by Crippen LogP contribution is -2.44. The Morgan fingerprint density at radius 1 is 0.939 bits per heavy atom. The second-order valence-electron chi connectivity index (χ2n) is 9.32. The summed E-state index contributed by atoms with van der Waals surface area (Å²) < 4.78 is 5.24. The van der Waals surface area contributed by atoms with E-state index in [2.05, 4.69) is 13.8 Å². The molecule has 7 nitrogen and oxygen atoms in total. The standard InChI is InChI=1S/C26H28N2O5/c1-15-5-6-18(4)22(10-15)28-24(30)20-8-7-19(11-21(20)25(28)31)26(32)33-14-23(29)27-12-16(2)9-17(3)13-27/h5-8,10-11,16-17H,9,12-14H2,1-4H3/t16-,17-/m1/s1. The second kappa shape index (κ2) is 8.81. The van der Waals surface area contributed by atoms with E-state index in [1.807, 2.05) is 26.0 Å². The van der Waals surface area contributed by atoms with Crippen molar-refractivity contribution >= 4 is 29.4 Å². The summed E-state index contributed by atoms with van der Waals surface area (Å²) in [5.74, 6) is -1.01. The first-order chi connectivity index (χ1) is 15.7. The van der Waals surface area contributed by atoms with Gasteiger partial charge in [0.15, 0.2) is 6.61 Å². The quantitative estimate of drug-likeness (QED) is 0.525. The van der Waals surface area contributed by atoms with Crippen LogP contribution < -0.4 is 4.90 Å². The molecule has 2 aromatic rings. The SMILES string of the molecule is Cc1ccc(C)c(N2C(=O)c3ccc(C(=O)OCC(=O)N4C[C@H](C)C[C@@H](C)C4)cc3C2=O)c1. The Bertz CT molecular complexity index is 1150. The zero-order valence-electron chi connectivity index (χ0n) is 19.4. The molecule has 0 aliphatic carbocycles. The van der Waals surface area contributed by atoms with Crippen LogP contribution >= 0.6 is 0 Å². The molecule has 0 saturated carbocycles. The zero-order valence-corrected chi connectivity index (χ0v) is 19.4. The first kappa shape index (κ1) is 22.7. The molecular weight excluding hydrogens is 420 g/mol. The van der Waals surface area contributed by atoms with Gasteiger partial charge in [-0.15, -0.1) is 0 Å². The van der Waals surface area contributed by atoms with Crippen molar-refractivity contribution in [3.8, 4) is 0 Å². The van der Waals surface area contributed by atoms with Gasteiger partial charge < -0.3 is 9.64 Å². The Kier molecular flexibility index (Phi) is 6.06. The number of ether oxygens (including phenoxy) is 1. The van der Waals surface area contributed by atoms with E-state index in [9.17, 15) is 19.2 Å². The molecule has 0 spiro atoms. The molecule has 33 heavy (non-hydrogen) atoms. The highest BCUT2D eigenvalue weighted by molar-refractivity contribution is 6.35. The Balaban J connectivity index is 1.48. The van der Waals surface area contributed by atoms with Crippen LogP contribution in [0.2, 0.25) is 0 Å². The number of anilines is 1. The molecule has 172 valence electrons.